The van der Waals surface area contributed by atoms with Gasteiger partial charge in [0.25, 0.3) is 0 Å². The molecule has 3 rings (SSSR count). The number of rotatable bonds is 5. The van der Waals surface area contributed by atoms with Gasteiger partial charge in [0, 0.05) is 49.2 Å². The summed E-state index contributed by atoms with van der Waals surface area (Å²) in [5, 5.41) is 13.8. The minimum Gasteiger partial charge on any atom is -0.394 e. The summed E-state index contributed by atoms with van der Waals surface area (Å²) in [6, 6.07) is 9.14. The predicted molar refractivity (Wildman–Crippen MR) is 102 cm³/mol. The Hall–Kier alpha value is -1.85. The summed E-state index contributed by atoms with van der Waals surface area (Å²) in [4.78, 5) is 5.06. The van der Waals surface area contributed by atoms with E-state index in [1.807, 2.05) is 4.68 Å². The van der Waals surface area contributed by atoms with E-state index in [2.05, 4.69) is 66.9 Å². The molecule has 1 aromatic carbocycles. The van der Waals surface area contributed by atoms with E-state index < -0.39 is 0 Å². The number of benzene rings is 1. The van der Waals surface area contributed by atoms with E-state index in [4.69, 9.17) is 0 Å². The number of aliphatic hydroxyl groups is 1. The second kappa shape index (κ2) is 7.58. The molecule has 25 heavy (non-hydrogen) atoms. The fraction of sp³-hybridized carbons (Fsp3) is 0.550. The first kappa shape index (κ1) is 18.0. The zero-order valence-corrected chi connectivity index (χ0v) is 15.9. The van der Waals surface area contributed by atoms with E-state index in [0.29, 0.717) is 12.6 Å². The SMILES string of the molecule is Cc1ccccc1N1CCN(Cc2c(C)nn(CCO)c2C)[C@H](C)C1. The standard InChI is InChI=1S/C20H30N4O/c1-15-7-5-6-8-20(15)23-10-9-22(16(2)13-23)14-19-17(3)21-24(11-12-25)18(19)4/h5-8,16,25H,9-14H2,1-4H3/t16-/m1/s1. The molecule has 1 fully saturated rings. The van der Waals surface area contributed by atoms with Gasteiger partial charge < -0.3 is 10.0 Å². The summed E-state index contributed by atoms with van der Waals surface area (Å²) in [5.41, 5.74) is 6.28. The normalized spacial score (nSPS) is 18.8. The molecule has 0 bridgehead atoms. The Kier molecular flexibility index (Phi) is 5.45. The lowest BCUT2D eigenvalue weighted by Gasteiger charge is -2.41. The summed E-state index contributed by atoms with van der Waals surface area (Å²) in [6.45, 7) is 13.5. The number of nitrogens with zero attached hydrogens (tertiary/aromatic N) is 4. The number of aliphatic hydroxyl groups excluding tert-OH is 1. The van der Waals surface area contributed by atoms with Crippen LogP contribution in [0.4, 0.5) is 5.69 Å². The van der Waals surface area contributed by atoms with Crippen molar-refractivity contribution in [2.24, 2.45) is 0 Å². The Morgan fingerprint density at radius 1 is 1.16 bits per heavy atom. The van der Waals surface area contributed by atoms with Crippen molar-refractivity contribution < 1.29 is 5.11 Å². The molecule has 2 aromatic rings. The zero-order valence-electron chi connectivity index (χ0n) is 15.9. The summed E-state index contributed by atoms with van der Waals surface area (Å²) < 4.78 is 1.93. The highest BCUT2D eigenvalue weighted by Gasteiger charge is 2.26. The molecule has 0 saturated carbocycles. The maximum Gasteiger partial charge on any atom is 0.0644 e. The maximum atomic E-state index is 9.19. The second-order valence-electron chi connectivity index (χ2n) is 7.15. The molecule has 136 valence electrons. The van der Waals surface area contributed by atoms with Crippen LogP contribution in [0, 0.1) is 20.8 Å². The van der Waals surface area contributed by atoms with Crippen LogP contribution in [-0.2, 0) is 13.1 Å². The average Bonchev–Trinajstić information content (AvgIpc) is 2.85. The lowest BCUT2D eigenvalue weighted by molar-refractivity contribution is 0.180. The van der Waals surface area contributed by atoms with Crippen LogP contribution in [0.1, 0.15) is 29.4 Å². The van der Waals surface area contributed by atoms with Crippen molar-refractivity contribution in [3.05, 3.63) is 46.8 Å². The van der Waals surface area contributed by atoms with E-state index in [1.54, 1.807) is 0 Å². The van der Waals surface area contributed by atoms with Crippen LogP contribution in [0.3, 0.4) is 0 Å². The molecule has 0 radical (unpaired) electrons. The van der Waals surface area contributed by atoms with E-state index in [-0.39, 0.29) is 6.61 Å². The predicted octanol–water partition coefficient (Wildman–Crippen LogP) is 2.51. The van der Waals surface area contributed by atoms with E-state index in [1.165, 1.54) is 22.5 Å². The first-order valence-corrected chi connectivity index (χ1v) is 9.19. The minimum atomic E-state index is 0.132. The van der Waals surface area contributed by atoms with Crippen molar-refractivity contribution >= 4 is 5.69 Å². The van der Waals surface area contributed by atoms with Gasteiger partial charge in [-0.05, 0) is 39.3 Å². The van der Waals surface area contributed by atoms with Crippen molar-refractivity contribution in [1.29, 1.82) is 0 Å². The van der Waals surface area contributed by atoms with Gasteiger partial charge >= 0.3 is 0 Å². The molecule has 1 aliphatic heterocycles. The number of aryl methyl sites for hydroxylation is 2. The molecular formula is C20H30N4O. The molecule has 0 aliphatic carbocycles. The molecule has 1 atom stereocenters. The summed E-state index contributed by atoms with van der Waals surface area (Å²) in [5.74, 6) is 0. The van der Waals surface area contributed by atoms with Crippen molar-refractivity contribution in [2.75, 3.05) is 31.1 Å². The Labute approximate surface area is 150 Å². The van der Waals surface area contributed by atoms with Gasteiger partial charge in [0.05, 0.1) is 18.8 Å². The lowest BCUT2D eigenvalue weighted by Crippen LogP contribution is -2.51. The third-order valence-corrected chi connectivity index (χ3v) is 5.43. The number of piperazine rings is 1. The highest BCUT2D eigenvalue weighted by atomic mass is 16.3. The largest absolute Gasteiger partial charge is 0.394 e. The van der Waals surface area contributed by atoms with Gasteiger partial charge in [-0.2, -0.15) is 5.10 Å². The molecule has 5 heteroatoms. The number of aromatic nitrogens is 2. The fourth-order valence-corrected chi connectivity index (χ4v) is 3.85. The number of hydrogen-bond acceptors (Lipinski definition) is 4. The molecule has 2 heterocycles. The molecule has 0 spiro atoms. The highest BCUT2D eigenvalue weighted by Crippen LogP contribution is 2.25. The van der Waals surface area contributed by atoms with Crippen molar-refractivity contribution in [1.82, 2.24) is 14.7 Å². The second-order valence-corrected chi connectivity index (χ2v) is 7.15. The molecule has 0 unspecified atom stereocenters. The van der Waals surface area contributed by atoms with Crippen LogP contribution < -0.4 is 4.90 Å². The van der Waals surface area contributed by atoms with Crippen LogP contribution in [0.2, 0.25) is 0 Å². The zero-order chi connectivity index (χ0) is 18.0. The topological polar surface area (TPSA) is 44.5 Å². The van der Waals surface area contributed by atoms with E-state index in [0.717, 1.165) is 31.9 Å². The lowest BCUT2D eigenvalue weighted by atomic mass is 10.1. The molecule has 5 nitrogen and oxygen atoms in total. The van der Waals surface area contributed by atoms with Gasteiger partial charge in [0.1, 0.15) is 0 Å². The van der Waals surface area contributed by atoms with Crippen molar-refractivity contribution in [2.45, 2.75) is 46.8 Å². The van der Waals surface area contributed by atoms with Crippen LogP contribution in [-0.4, -0.2) is 52.1 Å². The summed E-state index contributed by atoms with van der Waals surface area (Å²) >= 11 is 0. The van der Waals surface area contributed by atoms with Gasteiger partial charge in [0.15, 0.2) is 0 Å². The third-order valence-electron chi connectivity index (χ3n) is 5.43. The first-order valence-electron chi connectivity index (χ1n) is 9.19. The van der Waals surface area contributed by atoms with Gasteiger partial charge in [-0.25, -0.2) is 0 Å². The van der Waals surface area contributed by atoms with E-state index in [9.17, 15) is 5.11 Å². The number of anilines is 1. The van der Waals surface area contributed by atoms with Crippen LogP contribution >= 0.6 is 0 Å². The maximum absolute atomic E-state index is 9.19. The first-order chi connectivity index (χ1) is 12.0. The van der Waals surface area contributed by atoms with Crippen LogP contribution in [0.25, 0.3) is 0 Å². The smallest absolute Gasteiger partial charge is 0.0644 e. The third kappa shape index (κ3) is 3.72. The summed E-state index contributed by atoms with van der Waals surface area (Å²) in [7, 11) is 0. The Bertz CT molecular complexity index is 724. The van der Waals surface area contributed by atoms with Crippen molar-refractivity contribution in [3.8, 4) is 0 Å². The van der Waals surface area contributed by atoms with E-state index >= 15 is 0 Å². The molecule has 0 amide bonds. The number of para-hydroxylation sites is 1. The monoisotopic (exact) mass is 342 g/mol. The van der Waals surface area contributed by atoms with Gasteiger partial charge in [-0.15, -0.1) is 0 Å². The average molecular weight is 342 g/mol. The van der Waals surface area contributed by atoms with Gasteiger partial charge in [-0.3, -0.25) is 9.58 Å². The molecule has 1 saturated heterocycles. The summed E-state index contributed by atoms with van der Waals surface area (Å²) in [6.07, 6.45) is 0. The Balaban J connectivity index is 1.70. The highest BCUT2D eigenvalue weighted by molar-refractivity contribution is 5.53. The van der Waals surface area contributed by atoms with Gasteiger partial charge in [-0.1, -0.05) is 18.2 Å². The van der Waals surface area contributed by atoms with Crippen LogP contribution in [0.5, 0.6) is 0 Å². The van der Waals surface area contributed by atoms with Crippen LogP contribution in [0.15, 0.2) is 24.3 Å². The quantitative estimate of drug-likeness (QED) is 0.907. The number of hydrogen-bond donors (Lipinski definition) is 1. The minimum absolute atomic E-state index is 0.132. The van der Waals surface area contributed by atoms with Gasteiger partial charge in [0.2, 0.25) is 0 Å². The molecule has 1 N–H and O–H groups in total. The Morgan fingerprint density at radius 2 is 1.92 bits per heavy atom. The Morgan fingerprint density at radius 3 is 2.60 bits per heavy atom. The molecule has 1 aliphatic rings. The molecule has 1 aromatic heterocycles. The fourth-order valence-electron chi connectivity index (χ4n) is 3.85. The van der Waals surface area contributed by atoms with Crippen molar-refractivity contribution in [3.63, 3.8) is 0 Å². The molecular weight excluding hydrogens is 312 g/mol.